The standard InChI is InChI=1S/C66H44N6/c1-66(57-21-3-2-4-22-57,58-35-31-47(32-36-58)60-67-62(53-27-23-43-13-5-9-17-49(43)39-53)71-63(68-60)54-28-24-44-14-6-10-18-50(44)40-54)59-37-33-48(34-38-59)61-69-64(55-29-25-45-15-7-11-19-51(45)41-55)72-65(70-61)56-30-26-46-16-8-12-20-52(46)42-56/h2-42H,1H3. The van der Waals surface area contributed by atoms with E-state index in [2.05, 4.69) is 256 Å². The van der Waals surface area contributed by atoms with Crippen LogP contribution in [0, 0.1) is 0 Å². The third-order valence-electron chi connectivity index (χ3n) is 14.1. The molecule has 6 heteroatoms. The van der Waals surface area contributed by atoms with Gasteiger partial charge in [0, 0.05) is 38.8 Å². The second-order valence-corrected chi connectivity index (χ2v) is 18.5. The molecule has 0 radical (unpaired) electrons. The molecule has 0 spiro atoms. The van der Waals surface area contributed by atoms with E-state index in [9.17, 15) is 0 Å². The van der Waals surface area contributed by atoms with Crippen molar-refractivity contribution in [2.45, 2.75) is 12.3 Å². The molecular formula is C66H44N6. The van der Waals surface area contributed by atoms with Crippen molar-refractivity contribution in [3.8, 4) is 68.3 Å². The van der Waals surface area contributed by atoms with E-state index in [1.807, 2.05) is 0 Å². The van der Waals surface area contributed by atoms with Gasteiger partial charge in [-0.2, -0.15) is 0 Å². The maximum absolute atomic E-state index is 5.15. The summed E-state index contributed by atoms with van der Waals surface area (Å²) in [5.41, 5.74) is 8.42. The zero-order valence-electron chi connectivity index (χ0n) is 39.4. The lowest BCUT2D eigenvalue weighted by molar-refractivity contribution is 0.692. The monoisotopic (exact) mass is 920 g/mol. The van der Waals surface area contributed by atoms with Gasteiger partial charge in [0.05, 0.1) is 0 Å². The maximum Gasteiger partial charge on any atom is 0.164 e. The highest BCUT2D eigenvalue weighted by molar-refractivity contribution is 5.90. The van der Waals surface area contributed by atoms with Gasteiger partial charge in [-0.3, -0.25) is 0 Å². The van der Waals surface area contributed by atoms with Crippen molar-refractivity contribution in [3.05, 3.63) is 265 Å². The molecule has 72 heavy (non-hydrogen) atoms. The Morgan fingerprint density at radius 2 is 0.431 bits per heavy atom. The molecule has 13 aromatic rings. The van der Waals surface area contributed by atoms with Gasteiger partial charge in [-0.15, -0.1) is 0 Å². The van der Waals surface area contributed by atoms with E-state index in [0.717, 1.165) is 66.1 Å². The largest absolute Gasteiger partial charge is 0.208 e. The summed E-state index contributed by atoms with van der Waals surface area (Å²) < 4.78 is 0. The number of rotatable bonds is 9. The van der Waals surface area contributed by atoms with Gasteiger partial charge in [0.15, 0.2) is 34.9 Å². The van der Waals surface area contributed by atoms with Crippen molar-refractivity contribution >= 4 is 43.1 Å². The Labute approximate surface area is 417 Å². The SMILES string of the molecule is CC(c1ccccc1)(c1ccc(-c2nc(-c3ccc4ccccc4c3)nc(-c3ccc4ccccc4c3)n2)cc1)c1ccc(-c2nc(-c3ccc4ccccc4c3)nc(-c3ccc4ccccc4c3)n2)cc1. The molecule has 0 saturated heterocycles. The predicted octanol–water partition coefficient (Wildman–Crippen LogP) is 16.0. The molecule has 11 aromatic carbocycles. The molecule has 0 saturated carbocycles. The number of fused-ring (bicyclic) bond motifs is 4. The van der Waals surface area contributed by atoms with Gasteiger partial charge < -0.3 is 0 Å². The van der Waals surface area contributed by atoms with E-state index < -0.39 is 5.41 Å². The minimum absolute atomic E-state index is 0.532. The number of benzene rings is 11. The first kappa shape index (κ1) is 42.6. The van der Waals surface area contributed by atoms with Crippen molar-refractivity contribution in [1.29, 1.82) is 0 Å². The van der Waals surface area contributed by atoms with E-state index in [1.165, 1.54) is 27.1 Å². The molecule has 0 aliphatic rings. The number of hydrogen-bond acceptors (Lipinski definition) is 6. The van der Waals surface area contributed by atoms with E-state index in [1.54, 1.807) is 0 Å². The van der Waals surface area contributed by atoms with Crippen LogP contribution in [-0.4, -0.2) is 29.9 Å². The fraction of sp³-hybridized carbons (Fsp3) is 0.0303. The number of hydrogen-bond donors (Lipinski definition) is 0. The fourth-order valence-corrected chi connectivity index (χ4v) is 10.0. The summed E-state index contributed by atoms with van der Waals surface area (Å²) >= 11 is 0. The van der Waals surface area contributed by atoms with Crippen molar-refractivity contribution in [2.75, 3.05) is 0 Å². The number of aromatic nitrogens is 6. The highest BCUT2D eigenvalue weighted by Crippen LogP contribution is 2.41. The van der Waals surface area contributed by atoms with Gasteiger partial charge in [0.25, 0.3) is 0 Å². The average molecular weight is 921 g/mol. The van der Waals surface area contributed by atoms with Crippen LogP contribution in [0.3, 0.4) is 0 Å². The first-order chi connectivity index (χ1) is 35.5. The van der Waals surface area contributed by atoms with Crippen LogP contribution in [0.5, 0.6) is 0 Å². The van der Waals surface area contributed by atoms with E-state index in [-0.39, 0.29) is 0 Å². The van der Waals surface area contributed by atoms with Crippen molar-refractivity contribution < 1.29 is 0 Å². The van der Waals surface area contributed by atoms with Crippen LogP contribution in [0.2, 0.25) is 0 Å². The van der Waals surface area contributed by atoms with Gasteiger partial charge in [0.2, 0.25) is 0 Å². The Morgan fingerprint density at radius 1 is 0.208 bits per heavy atom. The molecule has 0 amide bonds. The number of nitrogens with zero attached hydrogens (tertiary/aromatic N) is 6. The molecule has 0 aliphatic carbocycles. The molecule has 0 atom stereocenters. The summed E-state index contributed by atoms with van der Waals surface area (Å²) in [7, 11) is 0. The topological polar surface area (TPSA) is 77.3 Å². The van der Waals surface area contributed by atoms with Crippen LogP contribution in [0.1, 0.15) is 23.6 Å². The lowest BCUT2D eigenvalue weighted by Crippen LogP contribution is -2.25. The van der Waals surface area contributed by atoms with Crippen LogP contribution in [0.4, 0.5) is 0 Å². The fourth-order valence-electron chi connectivity index (χ4n) is 10.0. The van der Waals surface area contributed by atoms with Crippen LogP contribution in [0.25, 0.3) is 111 Å². The Balaban J connectivity index is 0.891. The molecule has 0 N–H and O–H groups in total. The van der Waals surface area contributed by atoms with Gasteiger partial charge in [-0.05, 0) is 91.0 Å². The lowest BCUT2D eigenvalue weighted by Gasteiger charge is -2.32. The van der Waals surface area contributed by atoms with E-state index in [4.69, 9.17) is 29.9 Å². The van der Waals surface area contributed by atoms with Gasteiger partial charge in [0.1, 0.15) is 0 Å². The van der Waals surface area contributed by atoms with Crippen LogP contribution in [-0.2, 0) is 5.41 Å². The Kier molecular flexibility index (Phi) is 10.5. The normalized spacial score (nSPS) is 11.7. The molecule has 0 fully saturated rings. The second kappa shape index (κ2) is 17.8. The Bertz CT molecular complexity index is 3730. The van der Waals surface area contributed by atoms with Crippen LogP contribution in [0.15, 0.2) is 249 Å². The third kappa shape index (κ3) is 7.91. The maximum atomic E-state index is 5.15. The zero-order chi connectivity index (χ0) is 48.0. The molecule has 0 aliphatic heterocycles. The summed E-state index contributed by atoms with van der Waals surface area (Å²) in [6.45, 7) is 2.30. The predicted molar refractivity (Wildman–Crippen MR) is 294 cm³/mol. The molecule has 338 valence electrons. The average Bonchev–Trinajstić information content (AvgIpc) is 3.46. The highest BCUT2D eigenvalue weighted by atomic mass is 15.0. The van der Waals surface area contributed by atoms with Gasteiger partial charge in [-0.25, -0.2) is 29.9 Å². The minimum atomic E-state index is -0.532. The van der Waals surface area contributed by atoms with Crippen molar-refractivity contribution in [1.82, 2.24) is 29.9 Å². The summed E-state index contributed by atoms with van der Waals surface area (Å²) in [6, 6.07) is 87.1. The van der Waals surface area contributed by atoms with Gasteiger partial charge >= 0.3 is 0 Å². The summed E-state index contributed by atoms with van der Waals surface area (Å²) in [5.74, 6) is 3.71. The quantitative estimate of drug-likeness (QED) is 0.134. The van der Waals surface area contributed by atoms with Gasteiger partial charge in [-0.1, -0.05) is 224 Å². The third-order valence-corrected chi connectivity index (χ3v) is 14.1. The zero-order valence-corrected chi connectivity index (χ0v) is 39.4. The Morgan fingerprint density at radius 3 is 0.722 bits per heavy atom. The summed E-state index contributed by atoms with van der Waals surface area (Å²) in [4.78, 5) is 30.8. The van der Waals surface area contributed by atoms with E-state index in [0.29, 0.717) is 34.9 Å². The van der Waals surface area contributed by atoms with E-state index >= 15 is 0 Å². The molecule has 13 rings (SSSR count). The molecule has 2 heterocycles. The van der Waals surface area contributed by atoms with Crippen LogP contribution < -0.4 is 0 Å². The van der Waals surface area contributed by atoms with Crippen molar-refractivity contribution in [2.24, 2.45) is 0 Å². The first-order valence-electron chi connectivity index (χ1n) is 24.2. The van der Waals surface area contributed by atoms with Crippen LogP contribution >= 0.6 is 0 Å². The summed E-state index contributed by atoms with van der Waals surface area (Å²) in [6.07, 6.45) is 0. The molecule has 2 aromatic heterocycles. The first-order valence-corrected chi connectivity index (χ1v) is 24.2. The Hall–Kier alpha value is -9.52. The lowest BCUT2D eigenvalue weighted by atomic mass is 9.71. The second-order valence-electron chi connectivity index (χ2n) is 18.5. The highest BCUT2D eigenvalue weighted by Gasteiger charge is 2.31. The minimum Gasteiger partial charge on any atom is -0.208 e. The molecule has 0 bridgehead atoms. The molecule has 0 unspecified atom stereocenters. The summed E-state index contributed by atoms with van der Waals surface area (Å²) in [5, 5.41) is 9.19. The smallest absolute Gasteiger partial charge is 0.164 e. The van der Waals surface area contributed by atoms with Crippen molar-refractivity contribution in [3.63, 3.8) is 0 Å². The molecular weight excluding hydrogens is 877 g/mol. The molecule has 6 nitrogen and oxygen atoms in total.